The highest BCUT2D eigenvalue weighted by Crippen LogP contribution is 2.41. The highest BCUT2D eigenvalue weighted by atomic mass is 16.5. The van der Waals surface area contributed by atoms with E-state index in [1.807, 2.05) is 18.3 Å². The zero-order chi connectivity index (χ0) is 22.8. The van der Waals surface area contributed by atoms with Crippen molar-refractivity contribution in [1.82, 2.24) is 20.2 Å². The number of ketones is 1. The van der Waals surface area contributed by atoms with Crippen molar-refractivity contribution < 1.29 is 14.3 Å². The number of nitrogens with one attached hydrogen (secondary N) is 2. The van der Waals surface area contributed by atoms with E-state index in [1.54, 1.807) is 13.2 Å². The molecule has 0 unspecified atom stereocenters. The van der Waals surface area contributed by atoms with Crippen LogP contribution in [-0.4, -0.2) is 53.9 Å². The van der Waals surface area contributed by atoms with Gasteiger partial charge in [0.1, 0.15) is 17.1 Å². The van der Waals surface area contributed by atoms with Crippen molar-refractivity contribution in [2.24, 2.45) is 0 Å². The van der Waals surface area contributed by atoms with Gasteiger partial charge in [-0.15, -0.1) is 0 Å². The van der Waals surface area contributed by atoms with Gasteiger partial charge in [0, 0.05) is 55.6 Å². The maximum Gasteiger partial charge on any atom is 0.231 e. The average Bonchev–Trinajstić information content (AvgIpc) is 3.39. The first-order valence-corrected chi connectivity index (χ1v) is 11.7. The molecule has 2 aliphatic heterocycles. The van der Waals surface area contributed by atoms with E-state index in [2.05, 4.69) is 34.3 Å². The summed E-state index contributed by atoms with van der Waals surface area (Å²) in [7, 11) is 1.66. The van der Waals surface area contributed by atoms with Gasteiger partial charge in [-0.2, -0.15) is 0 Å². The number of aryl methyl sites for hydroxylation is 1. The van der Waals surface area contributed by atoms with Crippen molar-refractivity contribution in [2.75, 3.05) is 33.3 Å². The summed E-state index contributed by atoms with van der Waals surface area (Å²) in [6.07, 6.45) is 6.93. The van der Waals surface area contributed by atoms with Gasteiger partial charge < -0.3 is 19.8 Å². The lowest BCUT2D eigenvalue weighted by atomic mass is 10.0. The van der Waals surface area contributed by atoms with E-state index in [-0.39, 0.29) is 5.78 Å². The number of Topliss-reactive ketones (excluding diaryl/α,β-unsaturated/α-hetero) is 1. The van der Waals surface area contributed by atoms with Crippen LogP contribution < -0.4 is 14.8 Å². The molecular weight excluding hydrogens is 416 g/mol. The number of benzene rings is 1. The molecule has 0 amide bonds. The third-order valence-electron chi connectivity index (χ3n) is 6.41. The minimum absolute atomic E-state index is 0.101. The molecule has 1 saturated heterocycles. The number of allylic oxidation sites excluding steroid dienone is 1. The Morgan fingerprint density at radius 3 is 2.85 bits per heavy atom. The van der Waals surface area contributed by atoms with Crippen LogP contribution >= 0.6 is 0 Å². The van der Waals surface area contributed by atoms with Crippen molar-refractivity contribution in [3.63, 3.8) is 0 Å². The van der Waals surface area contributed by atoms with Crippen molar-refractivity contribution in [1.29, 1.82) is 0 Å². The normalized spacial score (nSPS) is 17.5. The van der Waals surface area contributed by atoms with Gasteiger partial charge in [0.25, 0.3) is 0 Å². The number of H-pyrrole nitrogens is 1. The summed E-state index contributed by atoms with van der Waals surface area (Å²) in [6.45, 7) is 6.68. The smallest absolute Gasteiger partial charge is 0.231 e. The Bertz CT molecular complexity index is 1210. The number of methoxy groups -OCH3 is 1. The van der Waals surface area contributed by atoms with E-state index in [4.69, 9.17) is 14.5 Å². The lowest BCUT2D eigenvalue weighted by Gasteiger charge is -2.28. The molecule has 5 rings (SSSR count). The fourth-order valence-electron chi connectivity index (χ4n) is 4.55. The number of ether oxygens (including phenoxy) is 2. The summed E-state index contributed by atoms with van der Waals surface area (Å²) in [4.78, 5) is 23.5. The van der Waals surface area contributed by atoms with Gasteiger partial charge in [-0.05, 0) is 43.2 Å². The molecule has 1 fully saturated rings. The first kappa shape index (κ1) is 21.7. The second kappa shape index (κ2) is 9.37. The average molecular weight is 447 g/mol. The Morgan fingerprint density at radius 1 is 1.21 bits per heavy atom. The number of carbonyl (C=O) groups excluding carboxylic acids is 1. The lowest BCUT2D eigenvalue weighted by Crippen LogP contribution is -2.43. The van der Waals surface area contributed by atoms with Crippen LogP contribution in [0.3, 0.4) is 0 Å². The van der Waals surface area contributed by atoms with Crippen LogP contribution in [0.5, 0.6) is 11.5 Å². The van der Waals surface area contributed by atoms with E-state index in [0.717, 1.165) is 79.0 Å². The molecule has 0 spiro atoms. The Balaban J connectivity index is 1.45. The quantitative estimate of drug-likeness (QED) is 0.536. The minimum Gasteiger partial charge on any atom is -0.496 e. The van der Waals surface area contributed by atoms with Crippen molar-refractivity contribution in [3.05, 3.63) is 58.6 Å². The third kappa shape index (κ3) is 4.26. The molecule has 1 aromatic carbocycles. The van der Waals surface area contributed by atoms with Crippen molar-refractivity contribution >= 4 is 22.9 Å². The monoisotopic (exact) mass is 446 g/mol. The van der Waals surface area contributed by atoms with Gasteiger partial charge in [0.2, 0.25) is 5.78 Å². The molecule has 33 heavy (non-hydrogen) atoms. The number of nitrogens with zero attached hydrogens (tertiary/aromatic N) is 2. The maximum atomic E-state index is 13.2. The van der Waals surface area contributed by atoms with Crippen LogP contribution in [0.4, 0.5) is 0 Å². The number of hydrogen-bond donors (Lipinski definition) is 2. The summed E-state index contributed by atoms with van der Waals surface area (Å²) in [5.41, 5.74) is 4.32. The summed E-state index contributed by atoms with van der Waals surface area (Å²) in [6, 6.07) is 7.81. The Morgan fingerprint density at radius 2 is 2.06 bits per heavy atom. The molecule has 4 heterocycles. The number of unbranched alkanes of at least 4 members (excludes halogenated alkanes) is 1. The van der Waals surface area contributed by atoms with Gasteiger partial charge in [-0.25, -0.2) is 4.98 Å². The highest BCUT2D eigenvalue weighted by molar-refractivity contribution is 6.15. The minimum atomic E-state index is -0.101. The van der Waals surface area contributed by atoms with Crippen molar-refractivity contribution in [3.8, 4) is 11.5 Å². The Hall–Kier alpha value is -3.16. The zero-order valence-electron chi connectivity index (χ0n) is 19.2. The fourth-order valence-corrected chi connectivity index (χ4v) is 4.55. The van der Waals surface area contributed by atoms with Gasteiger partial charge >= 0.3 is 0 Å². The lowest BCUT2D eigenvalue weighted by molar-refractivity contribution is 0.101. The number of rotatable bonds is 7. The molecule has 3 aromatic rings. The number of carbonyl (C=O) groups is 1. The summed E-state index contributed by atoms with van der Waals surface area (Å²) < 4.78 is 11.8. The number of fused-ring (bicyclic) bond motifs is 2. The highest BCUT2D eigenvalue weighted by Gasteiger charge is 2.32. The van der Waals surface area contributed by atoms with Gasteiger partial charge in [0.05, 0.1) is 18.2 Å². The number of aromatic amines is 1. The number of piperazine rings is 1. The third-order valence-corrected chi connectivity index (χ3v) is 6.41. The topological polar surface area (TPSA) is 79.5 Å². The van der Waals surface area contributed by atoms with Crippen LogP contribution in [0, 0.1) is 0 Å². The molecule has 0 atom stereocenters. The molecule has 2 aromatic heterocycles. The molecule has 2 aliphatic rings. The second-order valence-corrected chi connectivity index (χ2v) is 8.64. The Kier molecular flexibility index (Phi) is 6.15. The fraction of sp³-hybridized carbons (Fsp3) is 0.385. The predicted molar refractivity (Wildman–Crippen MR) is 129 cm³/mol. The Labute approximate surface area is 193 Å². The number of pyridine rings is 1. The molecule has 0 saturated carbocycles. The zero-order valence-corrected chi connectivity index (χ0v) is 19.2. The van der Waals surface area contributed by atoms with Crippen LogP contribution in [0.15, 0.2) is 36.2 Å². The van der Waals surface area contributed by atoms with E-state index >= 15 is 0 Å². The summed E-state index contributed by atoms with van der Waals surface area (Å²) in [5.74, 6) is 1.59. The molecule has 0 bridgehead atoms. The van der Waals surface area contributed by atoms with Crippen LogP contribution in [0.25, 0.3) is 17.1 Å². The van der Waals surface area contributed by atoms with E-state index in [9.17, 15) is 4.79 Å². The van der Waals surface area contributed by atoms with Gasteiger partial charge in [0.15, 0.2) is 5.76 Å². The molecule has 172 valence electrons. The van der Waals surface area contributed by atoms with E-state index in [1.165, 1.54) is 0 Å². The first-order chi connectivity index (χ1) is 16.2. The predicted octanol–water partition coefficient (Wildman–Crippen LogP) is 3.94. The standard InChI is InChI=1S/C26H30N4O3/c1-3-4-5-18-6-7-19-17(15-28-26(19)29-18)14-23-24(31)20-8-9-22(32-2)21(25(20)33-23)16-30-12-10-27-11-13-30/h6-9,14-15,27H,3-5,10-13,16H2,1-2H3,(H,28,29)/b23-14-. The van der Waals surface area contributed by atoms with Crippen LogP contribution in [0.1, 0.15) is 46.9 Å². The molecule has 2 N–H and O–H groups in total. The van der Waals surface area contributed by atoms with E-state index < -0.39 is 0 Å². The summed E-state index contributed by atoms with van der Waals surface area (Å²) in [5, 5.41) is 4.35. The molecule has 7 heteroatoms. The maximum absolute atomic E-state index is 13.2. The van der Waals surface area contributed by atoms with Crippen LogP contribution in [0.2, 0.25) is 0 Å². The van der Waals surface area contributed by atoms with Crippen LogP contribution in [-0.2, 0) is 13.0 Å². The molecule has 0 radical (unpaired) electrons. The SMILES string of the molecule is CCCCc1ccc2c(/C=C3\Oc4c(ccc(OC)c4CN4CCNCC4)C3=O)c[nH]c2n1. The van der Waals surface area contributed by atoms with Gasteiger partial charge in [-0.3, -0.25) is 9.69 Å². The number of hydrogen-bond acceptors (Lipinski definition) is 6. The van der Waals surface area contributed by atoms with Crippen molar-refractivity contribution in [2.45, 2.75) is 32.7 Å². The molecule has 7 nitrogen and oxygen atoms in total. The van der Waals surface area contributed by atoms with Gasteiger partial charge in [-0.1, -0.05) is 13.3 Å². The largest absolute Gasteiger partial charge is 0.496 e. The number of aromatic nitrogens is 2. The first-order valence-electron chi connectivity index (χ1n) is 11.7. The van der Waals surface area contributed by atoms with E-state index in [0.29, 0.717) is 23.6 Å². The molecule has 0 aliphatic carbocycles. The summed E-state index contributed by atoms with van der Waals surface area (Å²) >= 11 is 0. The molecular formula is C26H30N4O3. The second-order valence-electron chi connectivity index (χ2n) is 8.64.